The second-order valence-electron chi connectivity index (χ2n) is 10.8. The highest BCUT2D eigenvalue weighted by atomic mass is 35.5. The van der Waals surface area contributed by atoms with Crippen LogP contribution in [0.5, 0.6) is 17.2 Å². The average Bonchev–Trinajstić information content (AvgIpc) is 3.09. The van der Waals surface area contributed by atoms with E-state index in [2.05, 4.69) is 22.9 Å². The number of benzene rings is 3. The Labute approximate surface area is 278 Å². The summed E-state index contributed by atoms with van der Waals surface area (Å²) < 4.78 is 5.19. The number of pyridine rings is 1. The lowest BCUT2D eigenvalue weighted by molar-refractivity contribution is -0.123. The third-order valence-corrected chi connectivity index (χ3v) is 8.13. The van der Waals surface area contributed by atoms with Crippen LogP contribution in [0.25, 0.3) is 27.8 Å². The molecule has 1 amide bonds. The van der Waals surface area contributed by atoms with Crippen molar-refractivity contribution in [3.8, 4) is 51.6 Å². The number of carbonyl (C=O) groups is 1. The van der Waals surface area contributed by atoms with Crippen molar-refractivity contribution >= 4 is 29.7 Å². The molecule has 0 unspecified atom stereocenters. The second kappa shape index (κ2) is 15.1. The molecule has 3 aromatic carbocycles. The van der Waals surface area contributed by atoms with Crippen LogP contribution >= 0.6 is 12.4 Å². The molecule has 0 atom stereocenters. The minimum Gasteiger partial charge on any atom is -0.507 e. The van der Waals surface area contributed by atoms with Crippen LogP contribution in [0.1, 0.15) is 35.1 Å². The molecule has 11 nitrogen and oxygen atoms in total. The van der Waals surface area contributed by atoms with Crippen molar-refractivity contribution in [3.63, 3.8) is 0 Å². The SMILES string of the molecule is C=C(C(=O)NO)c1ccc(CNC2CCN(c3ncc(-c4ccc(OC)c(O)c4)c(-c4ccc(C#N)c(O)c4)c3C#N)CC2)cc1.Cl. The number of halogens is 1. The third-order valence-electron chi connectivity index (χ3n) is 8.13. The van der Waals surface area contributed by atoms with E-state index in [1.807, 2.05) is 18.2 Å². The first-order valence-electron chi connectivity index (χ1n) is 14.5. The minimum atomic E-state index is -0.650. The summed E-state index contributed by atoms with van der Waals surface area (Å²) in [6.07, 6.45) is 3.27. The number of nitrogens with zero attached hydrogens (tertiary/aromatic N) is 4. The lowest BCUT2D eigenvalue weighted by Crippen LogP contribution is -2.42. The van der Waals surface area contributed by atoms with Crippen LogP contribution in [0.15, 0.2) is 73.4 Å². The van der Waals surface area contributed by atoms with Crippen molar-refractivity contribution in [2.45, 2.75) is 25.4 Å². The molecule has 12 heteroatoms. The van der Waals surface area contributed by atoms with Gasteiger partial charge in [0, 0.05) is 48.6 Å². The molecule has 1 aliphatic heterocycles. The topological polar surface area (TPSA) is 175 Å². The summed E-state index contributed by atoms with van der Waals surface area (Å²) in [5.41, 5.74) is 6.09. The number of anilines is 1. The van der Waals surface area contributed by atoms with Crippen molar-refractivity contribution in [2.24, 2.45) is 0 Å². The normalized spacial score (nSPS) is 12.7. The van der Waals surface area contributed by atoms with Crippen molar-refractivity contribution in [1.82, 2.24) is 15.8 Å². The maximum Gasteiger partial charge on any atom is 0.274 e. The van der Waals surface area contributed by atoms with Gasteiger partial charge in [0.15, 0.2) is 11.5 Å². The molecule has 240 valence electrons. The van der Waals surface area contributed by atoms with Crippen LogP contribution in [0.2, 0.25) is 0 Å². The molecule has 0 spiro atoms. The van der Waals surface area contributed by atoms with Gasteiger partial charge in [-0.1, -0.05) is 43.0 Å². The van der Waals surface area contributed by atoms with E-state index in [1.54, 1.807) is 42.0 Å². The third kappa shape index (κ3) is 7.29. The van der Waals surface area contributed by atoms with E-state index in [0.29, 0.717) is 64.6 Å². The number of nitrogens with one attached hydrogen (secondary N) is 2. The van der Waals surface area contributed by atoms with E-state index >= 15 is 0 Å². The summed E-state index contributed by atoms with van der Waals surface area (Å²) in [7, 11) is 1.46. The Morgan fingerprint density at radius 3 is 2.30 bits per heavy atom. The van der Waals surface area contributed by atoms with Gasteiger partial charge in [0.25, 0.3) is 5.91 Å². The Kier molecular flexibility index (Phi) is 11.0. The number of methoxy groups -OCH3 is 1. The number of phenolic OH excluding ortho intramolecular Hbond substituents is 2. The largest absolute Gasteiger partial charge is 0.507 e. The number of phenols is 2. The highest BCUT2D eigenvalue weighted by molar-refractivity contribution is 6.18. The van der Waals surface area contributed by atoms with Gasteiger partial charge in [-0.15, -0.1) is 12.4 Å². The van der Waals surface area contributed by atoms with Gasteiger partial charge in [-0.25, -0.2) is 10.5 Å². The van der Waals surface area contributed by atoms with Gasteiger partial charge in [0.05, 0.1) is 12.7 Å². The van der Waals surface area contributed by atoms with Crippen LogP contribution in [0, 0.1) is 22.7 Å². The van der Waals surface area contributed by atoms with Crippen LogP contribution in [-0.4, -0.2) is 52.6 Å². The number of hydrogen-bond donors (Lipinski definition) is 5. The molecule has 4 aromatic rings. The van der Waals surface area contributed by atoms with Gasteiger partial charge in [-0.05, 0) is 59.4 Å². The first-order chi connectivity index (χ1) is 22.3. The van der Waals surface area contributed by atoms with E-state index in [0.717, 1.165) is 18.4 Å². The number of ether oxygens (including phenoxy) is 1. The van der Waals surface area contributed by atoms with E-state index in [-0.39, 0.29) is 41.1 Å². The predicted molar refractivity (Wildman–Crippen MR) is 179 cm³/mol. The van der Waals surface area contributed by atoms with Gasteiger partial charge in [-0.3, -0.25) is 10.0 Å². The summed E-state index contributed by atoms with van der Waals surface area (Å²) in [4.78, 5) is 18.4. The highest BCUT2D eigenvalue weighted by Gasteiger charge is 2.26. The molecule has 47 heavy (non-hydrogen) atoms. The fraction of sp³-hybridized carbons (Fsp3) is 0.200. The van der Waals surface area contributed by atoms with Crippen molar-refractivity contribution in [1.29, 1.82) is 10.5 Å². The predicted octanol–water partition coefficient (Wildman–Crippen LogP) is 5.28. The molecule has 0 saturated carbocycles. The zero-order valence-corrected chi connectivity index (χ0v) is 26.3. The Balaban J connectivity index is 0.00000500. The van der Waals surface area contributed by atoms with Crippen LogP contribution in [0.3, 0.4) is 0 Å². The zero-order valence-electron chi connectivity index (χ0n) is 25.5. The van der Waals surface area contributed by atoms with E-state index < -0.39 is 5.91 Å². The first-order valence-corrected chi connectivity index (χ1v) is 14.5. The number of hydroxylamine groups is 1. The number of rotatable bonds is 9. The summed E-state index contributed by atoms with van der Waals surface area (Å²) in [6.45, 7) is 5.62. The molecule has 2 heterocycles. The molecular formula is C35H33ClN6O5. The van der Waals surface area contributed by atoms with Crippen molar-refractivity contribution < 1.29 is 25.0 Å². The molecule has 0 bridgehead atoms. The van der Waals surface area contributed by atoms with Gasteiger partial charge in [-0.2, -0.15) is 10.5 Å². The summed E-state index contributed by atoms with van der Waals surface area (Å²) >= 11 is 0. The molecule has 1 aliphatic rings. The lowest BCUT2D eigenvalue weighted by Gasteiger charge is -2.34. The average molecular weight is 653 g/mol. The maximum absolute atomic E-state index is 11.6. The van der Waals surface area contributed by atoms with Crippen LogP contribution < -0.4 is 20.4 Å². The standard InChI is InChI=1S/C35H32N6O5.ClH/c1-21(35(44)40-45)23-5-3-22(4-6-23)19-38-27-11-13-41(14-12-27)34-28(18-37)33(25-7-8-26(17-36)30(42)16-25)29(20-39-34)24-9-10-32(46-2)31(43)15-24;/h3-10,15-16,20,27,38,42-43,45H,1,11-14,19H2,2H3,(H,40,44);1H. The summed E-state index contributed by atoms with van der Waals surface area (Å²) in [5.74, 6) is -0.0976. The number of carbonyl (C=O) groups excluding carboxylic acids is 1. The minimum absolute atomic E-state index is 0. The van der Waals surface area contributed by atoms with Gasteiger partial charge in [0.1, 0.15) is 29.3 Å². The van der Waals surface area contributed by atoms with E-state index in [9.17, 15) is 25.5 Å². The Morgan fingerprint density at radius 2 is 1.70 bits per heavy atom. The van der Waals surface area contributed by atoms with Crippen molar-refractivity contribution in [3.05, 3.63) is 95.7 Å². The lowest BCUT2D eigenvalue weighted by atomic mass is 9.91. The van der Waals surface area contributed by atoms with E-state index in [1.165, 1.54) is 25.3 Å². The number of nitriles is 2. The molecular weight excluding hydrogens is 620 g/mol. The molecule has 1 fully saturated rings. The van der Waals surface area contributed by atoms with Gasteiger partial charge in [0.2, 0.25) is 0 Å². The number of aromatic nitrogens is 1. The van der Waals surface area contributed by atoms with Crippen LogP contribution in [-0.2, 0) is 11.3 Å². The number of amides is 1. The van der Waals surface area contributed by atoms with Gasteiger partial charge >= 0.3 is 0 Å². The molecule has 1 saturated heterocycles. The fourth-order valence-corrected chi connectivity index (χ4v) is 5.58. The maximum atomic E-state index is 11.6. The molecule has 5 N–H and O–H groups in total. The fourth-order valence-electron chi connectivity index (χ4n) is 5.58. The van der Waals surface area contributed by atoms with Crippen molar-refractivity contribution in [2.75, 3.05) is 25.1 Å². The molecule has 0 radical (unpaired) electrons. The highest BCUT2D eigenvalue weighted by Crippen LogP contribution is 2.42. The Bertz CT molecular complexity index is 1880. The smallest absolute Gasteiger partial charge is 0.274 e. The van der Waals surface area contributed by atoms with E-state index in [4.69, 9.17) is 14.9 Å². The second-order valence-corrected chi connectivity index (χ2v) is 10.8. The Hall–Kier alpha value is -5.59. The number of hydrogen-bond acceptors (Lipinski definition) is 10. The van der Waals surface area contributed by atoms with Crippen LogP contribution in [0.4, 0.5) is 5.82 Å². The first kappa shape index (κ1) is 34.3. The number of aromatic hydroxyl groups is 2. The summed E-state index contributed by atoms with van der Waals surface area (Å²) in [6, 6.07) is 21.5. The molecule has 1 aromatic heterocycles. The quantitative estimate of drug-likeness (QED) is 0.0909. The number of piperidine rings is 1. The summed E-state index contributed by atoms with van der Waals surface area (Å²) in [5, 5.41) is 53.2. The monoisotopic (exact) mass is 652 g/mol. The van der Waals surface area contributed by atoms with Gasteiger partial charge < -0.3 is 25.2 Å². The molecule has 5 rings (SSSR count). The zero-order chi connectivity index (χ0) is 32.8. The molecule has 0 aliphatic carbocycles. The Morgan fingerprint density at radius 1 is 1.02 bits per heavy atom.